The van der Waals surface area contributed by atoms with E-state index < -0.39 is 5.97 Å². The van der Waals surface area contributed by atoms with E-state index in [0.29, 0.717) is 0 Å². The number of carboxylic acid groups (broad SMARTS) is 1. The number of hydrogen-bond donors (Lipinski definition) is 1. The summed E-state index contributed by atoms with van der Waals surface area (Å²) < 4.78 is 0. The molecule has 0 aliphatic heterocycles. The van der Waals surface area contributed by atoms with Crippen molar-refractivity contribution in [3.8, 4) is 0 Å². The number of rotatable bonds is 2. The average Bonchev–Trinajstić information content (AvgIpc) is 1.64. The molecule has 0 saturated carbocycles. The van der Waals surface area contributed by atoms with Gasteiger partial charge in [0.1, 0.15) is 0 Å². The Hall–Kier alpha value is 0.574. The number of carboxylic acids is 1. The summed E-state index contributed by atoms with van der Waals surface area (Å²) in [6.07, 6.45) is 0. The first-order valence-electron chi connectivity index (χ1n) is 2.78. The van der Waals surface area contributed by atoms with E-state index in [9.17, 15) is 4.79 Å². The zero-order valence-corrected chi connectivity index (χ0v) is 8.93. The fraction of sp³-hybridized carbons (Fsp3) is 0.875. The van der Waals surface area contributed by atoms with Gasteiger partial charge in [-0.1, -0.05) is 35.6 Å². The zero-order chi connectivity index (χ0) is 6.73. The van der Waals surface area contributed by atoms with Crippen LogP contribution in [0, 0.1) is 11.8 Å². The molecule has 11 heavy (non-hydrogen) atoms. The number of aliphatic carboxylic acids is 1. The molecular weight excluding hydrogens is 217 g/mol. The van der Waals surface area contributed by atoms with Gasteiger partial charge in [-0.25, -0.2) is 0 Å². The van der Waals surface area contributed by atoms with Crippen LogP contribution in [-0.2, 0) is 37.5 Å². The zero-order valence-electron chi connectivity index (χ0n) is 6.09. The Kier molecular flexibility index (Phi) is 21.7. The molecule has 2 nitrogen and oxygen atoms in total. The van der Waals surface area contributed by atoms with E-state index in [1.54, 1.807) is 6.92 Å². The maximum Gasteiger partial charge on any atom is 0.306 e. The van der Waals surface area contributed by atoms with Crippen molar-refractivity contribution in [3.63, 3.8) is 0 Å². The normalized spacial score (nSPS) is 10.2. The average molecular weight is 237 g/mol. The third kappa shape index (κ3) is 10.6. The first kappa shape index (κ1) is 22.6. The van der Waals surface area contributed by atoms with Gasteiger partial charge in [0.15, 0.2) is 0 Å². The second kappa shape index (κ2) is 10.6. The molecule has 0 fully saturated rings. The van der Waals surface area contributed by atoms with Crippen LogP contribution in [0.25, 0.3) is 0 Å². The van der Waals surface area contributed by atoms with Crippen LogP contribution in [0.15, 0.2) is 0 Å². The van der Waals surface area contributed by atoms with Crippen molar-refractivity contribution in [1.29, 1.82) is 0 Å². The van der Waals surface area contributed by atoms with E-state index in [2.05, 4.69) is 0 Å². The molecule has 0 aliphatic rings. The quantitative estimate of drug-likeness (QED) is 0.801. The molecular formula is C8H20O2Y. The molecule has 0 aromatic heterocycles. The molecule has 1 unspecified atom stereocenters. The summed E-state index contributed by atoms with van der Waals surface area (Å²) in [6, 6.07) is 0. The maximum atomic E-state index is 10.1. The predicted molar refractivity (Wildman–Crippen MR) is 45.1 cm³/mol. The molecule has 1 atom stereocenters. The third-order valence-corrected chi connectivity index (χ3v) is 1.39. The predicted octanol–water partition coefficient (Wildman–Crippen LogP) is 2.63. The minimum Gasteiger partial charge on any atom is -0.481 e. The number of carbonyl (C=O) groups is 1. The molecule has 0 heterocycles. The van der Waals surface area contributed by atoms with Crippen molar-refractivity contribution in [2.75, 3.05) is 0 Å². The summed E-state index contributed by atoms with van der Waals surface area (Å²) in [5.41, 5.74) is 0. The van der Waals surface area contributed by atoms with Gasteiger partial charge in [-0.05, 0) is 5.92 Å². The first-order chi connectivity index (χ1) is 3.55. The largest absolute Gasteiger partial charge is 0.481 e. The summed E-state index contributed by atoms with van der Waals surface area (Å²) in [7, 11) is 0. The summed E-state index contributed by atoms with van der Waals surface area (Å²) in [5, 5.41) is 8.35. The van der Waals surface area contributed by atoms with Crippen LogP contribution in [0.3, 0.4) is 0 Å². The Morgan fingerprint density at radius 1 is 1.18 bits per heavy atom. The van der Waals surface area contributed by atoms with Crippen molar-refractivity contribution in [2.24, 2.45) is 11.8 Å². The van der Waals surface area contributed by atoms with Crippen LogP contribution in [0.4, 0.5) is 0 Å². The topological polar surface area (TPSA) is 37.3 Å². The van der Waals surface area contributed by atoms with Crippen LogP contribution >= 0.6 is 0 Å². The molecule has 67 valence electrons. The SMILES string of the molecule is C.C.CC(C)C(C)C(=O)O.[Y]. The van der Waals surface area contributed by atoms with Crippen LogP contribution in [0.5, 0.6) is 0 Å². The van der Waals surface area contributed by atoms with Gasteiger partial charge >= 0.3 is 5.97 Å². The molecule has 0 aliphatic carbocycles. The molecule has 0 bridgehead atoms. The van der Waals surface area contributed by atoms with Gasteiger partial charge in [0.05, 0.1) is 5.92 Å². The monoisotopic (exact) mass is 237 g/mol. The Morgan fingerprint density at radius 3 is 1.45 bits per heavy atom. The van der Waals surface area contributed by atoms with Crippen LogP contribution in [0.1, 0.15) is 35.6 Å². The van der Waals surface area contributed by atoms with Crippen molar-refractivity contribution in [2.45, 2.75) is 35.6 Å². The molecule has 0 aromatic carbocycles. The van der Waals surface area contributed by atoms with E-state index in [4.69, 9.17) is 5.11 Å². The fourth-order valence-corrected chi connectivity index (χ4v) is 0.285. The van der Waals surface area contributed by atoms with E-state index in [1.165, 1.54) is 0 Å². The van der Waals surface area contributed by atoms with E-state index in [-0.39, 0.29) is 59.4 Å². The molecule has 0 saturated heterocycles. The van der Waals surface area contributed by atoms with E-state index in [1.807, 2.05) is 13.8 Å². The van der Waals surface area contributed by atoms with Crippen molar-refractivity contribution in [3.05, 3.63) is 0 Å². The molecule has 0 amide bonds. The molecule has 1 N–H and O–H groups in total. The second-order valence-corrected chi connectivity index (χ2v) is 2.37. The van der Waals surface area contributed by atoms with Crippen molar-refractivity contribution < 1.29 is 42.6 Å². The minimum atomic E-state index is -0.708. The molecule has 0 rings (SSSR count). The Morgan fingerprint density at radius 2 is 1.45 bits per heavy atom. The van der Waals surface area contributed by atoms with Gasteiger partial charge in [0, 0.05) is 32.7 Å². The van der Waals surface area contributed by atoms with E-state index in [0.717, 1.165) is 0 Å². The minimum absolute atomic E-state index is 0. The summed E-state index contributed by atoms with van der Waals surface area (Å²) in [6.45, 7) is 5.52. The fourth-order valence-electron chi connectivity index (χ4n) is 0.285. The van der Waals surface area contributed by atoms with E-state index >= 15 is 0 Å². The maximum absolute atomic E-state index is 10.1. The van der Waals surface area contributed by atoms with Crippen LogP contribution in [0.2, 0.25) is 0 Å². The summed E-state index contributed by atoms with van der Waals surface area (Å²) in [5.74, 6) is -0.678. The van der Waals surface area contributed by atoms with Crippen LogP contribution in [-0.4, -0.2) is 11.1 Å². The third-order valence-electron chi connectivity index (χ3n) is 1.39. The van der Waals surface area contributed by atoms with Gasteiger partial charge in [-0.3, -0.25) is 4.79 Å². The van der Waals surface area contributed by atoms with Gasteiger partial charge in [0.2, 0.25) is 0 Å². The smallest absolute Gasteiger partial charge is 0.306 e. The standard InChI is InChI=1S/C6H12O2.2CH4.Y/c1-4(2)5(3)6(7)8;;;/h4-5H,1-3H3,(H,7,8);2*1H4;. The van der Waals surface area contributed by atoms with Gasteiger partial charge in [0.25, 0.3) is 0 Å². The summed E-state index contributed by atoms with van der Waals surface area (Å²) in [4.78, 5) is 10.1. The van der Waals surface area contributed by atoms with Gasteiger partial charge in [-0.2, -0.15) is 0 Å². The summed E-state index contributed by atoms with van der Waals surface area (Å²) >= 11 is 0. The van der Waals surface area contributed by atoms with Crippen molar-refractivity contribution in [1.82, 2.24) is 0 Å². The van der Waals surface area contributed by atoms with Crippen LogP contribution < -0.4 is 0 Å². The molecule has 3 heteroatoms. The van der Waals surface area contributed by atoms with Gasteiger partial charge < -0.3 is 5.11 Å². The Labute approximate surface area is 95.6 Å². The van der Waals surface area contributed by atoms with Gasteiger partial charge in [-0.15, -0.1) is 0 Å². The van der Waals surface area contributed by atoms with Crippen molar-refractivity contribution >= 4 is 5.97 Å². The molecule has 0 aromatic rings. The molecule has 0 spiro atoms. The second-order valence-electron chi connectivity index (χ2n) is 2.37. The Bertz CT molecular complexity index is 92.1. The molecule has 1 radical (unpaired) electrons. The Balaban J connectivity index is -0.0000000817. The first-order valence-corrected chi connectivity index (χ1v) is 2.78. The number of hydrogen-bond acceptors (Lipinski definition) is 1.